The molecule has 3 atom stereocenters. The number of rotatable bonds is 10. The van der Waals surface area contributed by atoms with Crippen molar-refractivity contribution in [2.24, 2.45) is 11.7 Å². The lowest BCUT2D eigenvalue weighted by atomic mass is 9.97. The number of hydrogen-bond acceptors (Lipinski definition) is 5. The van der Waals surface area contributed by atoms with E-state index < -0.39 is 29.7 Å². The molecule has 0 saturated heterocycles. The van der Waals surface area contributed by atoms with Crippen molar-refractivity contribution in [1.29, 1.82) is 0 Å². The number of benzene rings is 3. The summed E-state index contributed by atoms with van der Waals surface area (Å²) >= 11 is 13.0. The topological polar surface area (TPSA) is 136 Å². The molecule has 8 nitrogen and oxygen atoms in total. The average Bonchev–Trinajstić information content (AvgIpc) is 3.37. The number of halogens is 2. The first-order valence-electron chi connectivity index (χ1n) is 12.1. The zero-order valence-electron chi connectivity index (χ0n) is 20.3. The predicted octanol–water partition coefficient (Wildman–Crippen LogP) is 4.76. The van der Waals surface area contributed by atoms with E-state index in [4.69, 9.17) is 33.7 Å². The summed E-state index contributed by atoms with van der Waals surface area (Å²) < 4.78 is 6.02. The number of hydrogen-bond donors (Lipinski definition) is 3. The Bertz CT molecular complexity index is 1400. The summed E-state index contributed by atoms with van der Waals surface area (Å²) in [5, 5.41) is 13.7. The first kappa shape index (κ1) is 27.4. The smallest absolute Gasteiger partial charge is 0.326 e. The Kier molecular flexibility index (Phi) is 8.54. The van der Waals surface area contributed by atoms with E-state index in [1.807, 2.05) is 36.4 Å². The second-order valence-electron chi connectivity index (χ2n) is 9.25. The number of nitrogens with two attached hydrogens (primary N) is 1. The molecule has 1 fully saturated rings. The number of carbonyl (C=O) groups excluding carboxylic acids is 3. The van der Waals surface area contributed by atoms with Gasteiger partial charge in [0.05, 0.1) is 11.1 Å². The van der Waals surface area contributed by atoms with Gasteiger partial charge in [-0.05, 0) is 48.6 Å². The molecule has 0 aliphatic heterocycles. The van der Waals surface area contributed by atoms with Crippen LogP contribution in [0.15, 0.2) is 54.6 Å². The number of ether oxygens (including phenoxy) is 1. The molecule has 38 heavy (non-hydrogen) atoms. The zero-order chi connectivity index (χ0) is 27.4. The number of carbonyl (C=O) groups is 4. The van der Waals surface area contributed by atoms with Crippen LogP contribution in [0.1, 0.15) is 48.0 Å². The maximum atomic E-state index is 13.3. The summed E-state index contributed by atoms with van der Waals surface area (Å²) in [6.07, 6.45) is 0.794. The molecular formula is C28H26Cl2N2O6. The predicted molar refractivity (Wildman–Crippen MR) is 144 cm³/mol. The molecule has 3 aromatic carbocycles. The first-order chi connectivity index (χ1) is 18.2. The van der Waals surface area contributed by atoms with Crippen molar-refractivity contribution in [1.82, 2.24) is 5.32 Å². The van der Waals surface area contributed by atoms with Gasteiger partial charge in [-0.1, -0.05) is 65.7 Å². The molecule has 0 bridgehead atoms. The second-order valence-corrected chi connectivity index (χ2v) is 10.0. The number of ketones is 1. The summed E-state index contributed by atoms with van der Waals surface area (Å²) in [5.74, 6) is -2.72. The van der Waals surface area contributed by atoms with E-state index in [1.54, 1.807) is 18.2 Å². The highest BCUT2D eigenvalue weighted by Gasteiger charge is 2.34. The summed E-state index contributed by atoms with van der Waals surface area (Å²) in [6.45, 7) is 0. The third-order valence-corrected chi connectivity index (χ3v) is 7.53. The fourth-order valence-electron chi connectivity index (χ4n) is 4.67. The molecule has 0 heterocycles. The fourth-order valence-corrected chi connectivity index (χ4v) is 5.12. The van der Waals surface area contributed by atoms with Gasteiger partial charge in [0.25, 0.3) is 0 Å². The Hall–Kier alpha value is -3.62. The van der Waals surface area contributed by atoms with Crippen molar-refractivity contribution in [2.45, 2.75) is 44.2 Å². The van der Waals surface area contributed by atoms with E-state index in [0.717, 1.165) is 10.8 Å². The molecule has 2 amide bonds. The molecular weight excluding hydrogens is 531 g/mol. The van der Waals surface area contributed by atoms with E-state index in [-0.39, 0.29) is 40.3 Å². The normalized spacial score (nSPS) is 17.6. The first-order valence-corrected chi connectivity index (χ1v) is 12.9. The standard InChI is InChI=1S/C28H26Cl2N2O6/c29-24-20(26(34)19-7-3-5-15-4-1-2-6-18(15)19)10-12-22(25(24)30)38-17-9-8-16(14-17)27(35)32-21(28(36)37)11-13-23(31)33/h1-7,10,12,16-17,21H,8-9,11,13-14H2,(H2,31,33)(H,32,35)(H,36,37)/t16-,17-,21-/m0/s1. The van der Waals surface area contributed by atoms with Crippen molar-refractivity contribution in [2.75, 3.05) is 0 Å². The Morgan fingerprint density at radius 1 is 0.974 bits per heavy atom. The maximum absolute atomic E-state index is 13.3. The lowest BCUT2D eigenvalue weighted by Gasteiger charge is -2.18. The summed E-state index contributed by atoms with van der Waals surface area (Å²) in [4.78, 5) is 48.4. The van der Waals surface area contributed by atoms with E-state index in [9.17, 15) is 24.3 Å². The number of amides is 2. The monoisotopic (exact) mass is 556 g/mol. The lowest BCUT2D eigenvalue weighted by Crippen LogP contribution is -2.43. The fraction of sp³-hybridized carbons (Fsp3) is 0.286. The van der Waals surface area contributed by atoms with Crippen molar-refractivity contribution in [3.63, 3.8) is 0 Å². The SMILES string of the molecule is NC(=O)CC[C@H](NC(=O)[C@H]1CC[C@H](Oc2ccc(C(=O)c3cccc4ccccc34)c(Cl)c2Cl)C1)C(=O)O. The Labute approximate surface area is 229 Å². The molecule has 1 aliphatic carbocycles. The third-order valence-electron chi connectivity index (χ3n) is 6.67. The molecule has 0 aromatic heterocycles. The quantitative estimate of drug-likeness (QED) is 0.308. The van der Waals surface area contributed by atoms with Crippen LogP contribution in [0.25, 0.3) is 10.8 Å². The van der Waals surface area contributed by atoms with Gasteiger partial charge in [-0.15, -0.1) is 0 Å². The minimum atomic E-state index is -1.23. The summed E-state index contributed by atoms with van der Waals surface area (Å²) in [6, 6.07) is 15.0. The largest absolute Gasteiger partial charge is 0.489 e. The van der Waals surface area contributed by atoms with Gasteiger partial charge in [0, 0.05) is 23.5 Å². The summed E-state index contributed by atoms with van der Waals surface area (Å²) in [7, 11) is 0. The molecule has 4 N–H and O–H groups in total. The van der Waals surface area contributed by atoms with Gasteiger partial charge in [0.1, 0.15) is 16.8 Å². The Morgan fingerprint density at radius 2 is 1.71 bits per heavy atom. The molecule has 198 valence electrons. The number of fused-ring (bicyclic) bond motifs is 1. The van der Waals surface area contributed by atoms with Crippen LogP contribution in [0.2, 0.25) is 10.0 Å². The highest BCUT2D eigenvalue weighted by molar-refractivity contribution is 6.45. The zero-order valence-corrected chi connectivity index (χ0v) is 21.8. The van der Waals surface area contributed by atoms with Crippen LogP contribution in [0.5, 0.6) is 5.75 Å². The maximum Gasteiger partial charge on any atom is 0.326 e. The number of aliphatic carboxylic acids is 1. The number of carboxylic acids is 1. The molecule has 0 unspecified atom stereocenters. The van der Waals surface area contributed by atoms with Gasteiger partial charge in [0.2, 0.25) is 11.8 Å². The van der Waals surface area contributed by atoms with E-state index in [2.05, 4.69) is 5.32 Å². The van der Waals surface area contributed by atoms with E-state index in [1.165, 1.54) is 0 Å². The molecule has 3 aromatic rings. The molecule has 0 spiro atoms. The number of primary amides is 1. The molecule has 0 radical (unpaired) electrons. The average molecular weight is 557 g/mol. The van der Waals surface area contributed by atoms with Crippen molar-refractivity contribution < 1.29 is 29.0 Å². The minimum absolute atomic E-state index is 0.0770. The third kappa shape index (κ3) is 6.09. The van der Waals surface area contributed by atoms with Gasteiger partial charge in [-0.25, -0.2) is 4.79 Å². The van der Waals surface area contributed by atoms with Crippen molar-refractivity contribution in [3.8, 4) is 5.75 Å². The molecule has 4 rings (SSSR count). The molecule has 1 aliphatic rings. The highest BCUT2D eigenvalue weighted by atomic mass is 35.5. The number of nitrogens with one attached hydrogen (secondary N) is 1. The van der Waals surface area contributed by atoms with Gasteiger partial charge in [-0.3, -0.25) is 14.4 Å². The Morgan fingerprint density at radius 3 is 2.45 bits per heavy atom. The van der Waals surface area contributed by atoms with Crippen molar-refractivity contribution in [3.05, 3.63) is 75.8 Å². The van der Waals surface area contributed by atoms with Gasteiger partial charge < -0.3 is 20.9 Å². The van der Waals surface area contributed by atoms with Crippen LogP contribution in [-0.4, -0.2) is 40.8 Å². The van der Waals surface area contributed by atoms with Gasteiger partial charge in [0.15, 0.2) is 5.78 Å². The van der Waals surface area contributed by atoms with Crippen molar-refractivity contribution >= 4 is 57.5 Å². The van der Waals surface area contributed by atoms with Gasteiger partial charge in [-0.2, -0.15) is 0 Å². The molecule has 10 heteroatoms. The summed E-state index contributed by atoms with van der Waals surface area (Å²) in [5.41, 5.74) is 5.84. The van der Waals surface area contributed by atoms with Crippen LogP contribution < -0.4 is 15.8 Å². The van der Waals surface area contributed by atoms with Crippen LogP contribution in [-0.2, 0) is 14.4 Å². The van der Waals surface area contributed by atoms with Gasteiger partial charge >= 0.3 is 5.97 Å². The van der Waals surface area contributed by atoms with E-state index >= 15 is 0 Å². The Balaban J connectivity index is 1.43. The lowest BCUT2D eigenvalue weighted by molar-refractivity contribution is -0.142. The number of carboxylic acid groups (broad SMARTS) is 1. The molecule has 1 saturated carbocycles. The minimum Gasteiger partial charge on any atom is -0.489 e. The van der Waals surface area contributed by atoms with Crippen LogP contribution in [0.3, 0.4) is 0 Å². The second kappa shape index (κ2) is 11.8. The van der Waals surface area contributed by atoms with Crippen LogP contribution in [0.4, 0.5) is 0 Å². The van der Waals surface area contributed by atoms with Crippen LogP contribution in [0, 0.1) is 5.92 Å². The highest BCUT2D eigenvalue weighted by Crippen LogP contribution is 2.39. The van der Waals surface area contributed by atoms with Crippen LogP contribution >= 0.6 is 23.2 Å². The van der Waals surface area contributed by atoms with E-state index in [0.29, 0.717) is 30.6 Å².